The second kappa shape index (κ2) is 9.01. The number of carboxylic acid groups (broad SMARTS) is 1. The summed E-state index contributed by atoms with van der Waals surface area (Å²) in [6, 6.07) is -0.182. The zero-order chi connectivity index (χ0) is 14.3. The summed E-state index contributed by atoms with van der Waals surface area (Å²) in [7, 11) is 0. The van der Waals surface area contributed by atoms with Gasteiger partial charge in [0.05, 0.1) is 0 Å². The second-order valence-corrected chi connectivity index (χ2v) is 6.02. The van der Waals surface area contributed by atoms with E-state index in [1.807, 2.05) is 0 Å². The summed E-state index contributed by atoms with van der Waals surface area (Å²) in [5.41, 5.74) is 5.59. The first kappa shape index (κ1) is 17.0. The number of aliphatic carboxylic acids is 1. The monoisotopic (exact) mass is 310 g/mol. The number of nitrogens with two attached hydrogens (primary N) is 1. The first-order valence-corrected chi connectivity index (χ1v) is 7.99. The minimum Gasteiger partial charge on any atom is -0.480 e. The van der Waals surface area contributed by atoms with Gasteiger partial charge in [-0.1, -0.05) is 0 Å². The average molecular weight is 311 g/mol. The average Bonchev–Trinajstić information content (AvgIpc) is 2.39. The Balaban J connectivity index is 2.36. The third-order valence-corrected chi connectivity index (χ3v) is 4.32. The van der Waals surface area contributed by atoms with E-state index in [2.05, 4.69) is 4.90 Å². The van der Waals surface area contributed by atoms with Crippen LogP contribution in [0.15, 0.2) is 0 Å². The summed E-state index contributed by atoms with van der Waals surface area (Å²) < 4.78 is 0. The van der Waals surface area contributed by atoms with Crippen molar-refractivity contribution in [3.05, 3.63) is 0 Å². The zero-order valence-electron chi connectivity index (χ0n) is 11.2. The molecule has 4 nitrogen and oxygen atoms in total. The number of alkyl halides is 2. The molecule has 0 bridgehead atoms. The molecule has 0 saturated heterocycles. The van der Waals surface area contributed by atoms with Crippen LogP contribution in [0.1, 0.15) is 32.1 Å². The minimum absolute atomic E-state index is 0.441. The highest BCUT2D eigenvalue weighted by atomic mass is 35.5. The molecule has 1 atom stereocenters. The maximum atomic E-state index is 10.8. The summed E-state index contributed by atoms with van der Waals surface area (Å²) in [6.45, 7) is 1.75. The van der Waals surface area contributed by atoms with Crippen LogP contribution in [0.3, 0.4) is 0 Å². The summed E-state index contributed by atoms with van der Waals surface area (Å²) in [5.74, 6) is 0.797. The lowest BCUT2D eigenvalue weighted by Gasteiger charge is -2.36. The molecule has 0 amide bonds. The van der Waals surface area contributed by atoms with E-state index in [1.54, 1.807) is 0 Å². The van der Waals surface area contributed by atoms with E-state index in [-0.39, 0.29) is 0 Å². The van der Waals surface area contributed by atoms with Gasteiger partial charge in [0, 0.05) is 30.9 Å². The van der Waals surface area contributed by atoms with Gasteiger partial charge in [0.15, 0.2) is 0 Å². The third-order valence-electron chi connectivity index (χ3n) is 3.98. The number of halogens is 2. The van der Waals surface area contributed by atoms with Crippen LogP contribution >= 0.6 is 23.2 Å². The van der Waals surface area contributed by atoms with Crippen molar-refractivity contribution in [2.45, 2.75) is 44.2 Å². The standard InChI is InChI=1S/C13H24Cl2N2O2/c14-5-7-17(8-6-15)11-3-1-10(2-4-11)9-12(16)13(18)19/h10-12H,1-9,16H2,(H,18,19). The van der Waals surface area contributed by atoms with Gasteiger partial charge in [-0.3, -0.25) is 9.69 Å². The Bertz CT molecular complexity index is 265. The molecule has 1 aliphatic carbocycles. The number of carbonyl (C=O) groups is 1. The molecule has 3 N–H and O–H groups in total. The molecule has 6 heteroatoms. The number of hydrogen-bond donors (Lipinski definition) is 2. The topological polar surface area (TPSA) is 66.6 Å². The van der Waals surface area contributed by atoms with E-state index in [0.29, 0.717) is 30.1 Å². The number of hydrogen-bond acceptors (Lipinski definition) is 3. The molecule has 1 aliphatic rings. The highest BCUT2D eigenvalue weighted by molar-refractivity contribution is 6.18. The SMILES string of the molecule is NC(CC1CCC(N(CCCl)CCCl)CC1)C(=O)O. The largest absolute Gasteiger partial charge is 0.480 e. The summed E-state index contributed by atoms with van der Waals surface area (Å²) in [4.78, 5) is 13.1. The molecule has 1 fully saturated rings. The van der Waals surface area contributed by atoms with Gasteiger partial charge in [-0.25, -0.2) is 0 Å². The van der Waals surface area contributed by atoms with Gasteiger partial charge in [-0.05, 0) is 38.0 Å². The van der Waals surface area contributed by atoms with E-state index in [4.69, 9.17) is 34.0 Å². The highest BCUT2D eigenvalue weighted by Gasteiger charge is 2.27. The molecule has 0 aromatic heterocycles. The molecule has 0 aromatic carbocycles. The van der Waals surface area contributed by atoms with Gasteiger partial charge >= 0.3 is 5.97 Å². The van der Waals surface area contributed by atoms with Crippen LogP contribution in [0.5, 0.6) is 0 Å². The Morgan fingerprint density at radius 3 is 2.16 bits per heavy atom. The Morgan fingerprint density at radius 1 is 1.21 bits per heavy atom. The maximum absolute atomic E-state index is 10.8. The van der Waals surface area contributed by atoms with Crippen molar-refractivity contribution in [2.24, 2.45) is 11.7 Å². The predicted molar refractivity (Wildman–Crippen MR) is 79.0 cm³/mol. The fraction of sp³-hybridized carbons (Fsp3) is 0.923. The minimum atomic E-state index is -0.895. The van der Waals surface area contributed by atoms with Crippen LogP contribution < -0.4 is 5.73 Å². The summed E-state index contributed by atoms with van der Waals surface area (Å²) in [6.07, 6.45) is 4.86. The fourth-order valence-corrected chi connectivity index (χ4v) is 3.33. The van der Waals surface area contributed by atoms with Crippen LogP contribution in [0.25, 0.3) is 0 Å². The fourth-order valence-electron chi connectivity index (χ4n) is 2.90. The second-order valence-electron chi connectivity index (χ2n) is 5.27. The summed E-state index contributed by atoms with van der Waals surface area (Å²) in [5, 5.41) is 8.83. The molecule has 0 radical (unpaired) electrons. The number of rotatable bonds is 8. The third kappa shape index (κ3) is 5.86. The van der Waals surface area contributed by atoms with Crippen LogP contribution in [0, 0.1) is 5.92 Å². The van der Waals surface area contributed by atoms with Gasteiger partial charge in [0.1, 0.15) is 6.04 Å². The van der Waals surface area contributed by atoms with Gasteiger partial charge in [0.2, 0.25) is 0 Å². The van der Waals surface area contributed by atoms with E-state index >= 15 is 0 Å². The van der Waals surface area contributed by atoms with Crippen LogP contribution in [-0.4, -0.2) is 52.9 Å². The number of nitrogens with zero attached hydrogens (tertiary/aromatic N) is 1. The zero-order valence-corrected chi connectivity index (χ0v) is 12.7. The van der Waals surface area contributed by atoms with Crippen molar-refractivity contribution in [1.29, 1.82) is 0 Å². The molecule has 0 aliphatic heterocycles. The normalized spacial score (nSPS) is 25.5. The molecule has 0 aromatic rings. The first-order chi connectivity index (χ1) is 9.08. The number of carboxylic acids is 1. The van der Waals surface area contributed by atoms with Crippen molar-refractivity contribution in [3.8, 4) is 0 Å². The Labute approximate surface area is 125 Å². The Hall–Kier alpha value is -0.0300. The van der Waals surface area contributed by atoms with Crippen molar-refractivity contribution in [3.63, 3.8) is 0 Å². The predicted octanol–water partition coefficient (Wildman–Crippen LogP) is 2.13. The maximum Gasteiger partial charge on any atom is 0.320 e. The van der Waals surface area contributed by atoms with Crippen molar-refractivity contribution in [2.75, 3.05) is 24.8 Å². The van der Waals surface area contributed by atoms with E-state index in [0.717, 1.165) is 38.8 Å². The lowest BCUT2D eigenvalue weighted by atomic mass is 9.82. The molecular formula is C13H24Cl2N2O2. The Morgan fingerprint density at radius 2 is 1.74 bits per heavy atom. The van der Waals surface area contributed by atoms with Gasteiger partial charge in [-0.15, -0.1) is 23.2 Å². The molecule has 0 spiro atoms. The molecule has 1 rings (SSSR count). The van der Waals surface area contributed by atoms with E-state index in [1.165, 1.54) is 0 Å². The van der Waals surface area contributed by atoms with Gasteiger partial charge < -0.3 is 10.8 Å². The van der Waals surface area contributed by atoms with Crippen LogP contribution in [0.4, 0.5) is 0 Å². The molecule has 112 valence electrons. The molecule has 19 heavy (non-hydrogen) atoms. The molecular weight excluding hydrogens is 287 g/mol. The smallest absolute Gasteiger partial charge is 0.320 e. The molecule has 1 saturated carbocycles. The quantitative estimate of drug-likeness (QED) is 0.674. The Kier molecular flexibility index (Phi) is 8.07. The van der Waals surface area contributed by atoms with Crippen LogP contribution in [0.2, 0.25) is 0 Å². The van der Waals surface area contributed by atoms with Crippen molar-refractivity contribution in [1.82, 2.24) is 4.90 Å². The molecule has 1 unspecified atom stereocenters. The van der Waals surface area contributed by atoms with Crippen molar-refractivity contribution < 1.29 is 9.90 Å². The highest BCUT2D eigenvalue weighted by Crippen LogP contribution is 2.30. The van der Waals surface area contributed by atoms with Gasteiger partial charge in [-0.2, -0.15) is 0 Å². The van der Waals surface area contributed by atoms with Crippen LogP contribution in [-0.2, 0) is 4.79 Å². The first-order valence-electron chi connectivity index (χ1n) is 6.92. The van der Waals surface area contributed by atoms with E-state index < -0.39 is 12.0 Å². The molecule has 0 heterocycles. The van der Waals surface area contributed by atoms with Gasteiger partial charge in [0.25, 0.3) is 0 Å². The van der Waals surface area contributed by atoms with Crippen molar-refractivity contribution >= 4 is 29.2 Å². The lowest BCUT2D eigenvalue weighted by Crippen LogP contribution is -2.41. The summed E-state index contributed by atoms with van der Waals surface area (Å²) >= 11 is 11.6. The lowest BCUT2D eigenvalue weighted by molar-refractivity contribution is -0.139. The van der Waals surface area contributed by atoms with E-state index in [9.17, 15) is 4.79 Å².